The van der Waals surface area contributed by atoms with Gasteiger partial charge in [0.2, 0.25) is 0 Å². The van der Waals surface area contributed by atoms with E-state index in [2.05, 4.69) is 5.32 Å². The lowest BCUT2D eigenvalue weighted by atomic mass is 9.95. The summed E-state index contributed by atoms with van der Waals surface area (Å²) in [5.41, 5.74) is -1.35. The number of hydrogen-bond acceptors (Lipinski definition) is 7. The van der Waals surface area contributed by atoms with E-state index in [1.807, 2.05) is 9.62 Å². The number of sulfonamides is 1. The van der Waals surface area contributed by atoms with Crippen molar-refractivity contribution in [2.75, 3.05) is 37.3 Å². The normalized spacial score (nSPS) is 25.5. The number of ether oxygens (including phenoxy) is 1. The lowest BCUT2D eigenvalue weighted by Gasteiger charge is -2.35. The van der Waals surface area contributed by atoms with Crippen LogP contribution in [0.15, 0.2) is 46.2 Å². The number of benzene rings is 2. The minimum absolute atomic E-state index is 0.0778. The van der Waals surface area contributed by atoms with E-state index < -0.39 is 38.4 Å². The van der Waals surface area contributed by atoms with E-state index in [1.54, 1.807) is 19.1 Å². The molecule has 4 atom stereocenters. The Hall–Kier alpha value is -1.99. The Morgan fingerprint density at radius 2 is 1.95 bits per heavy atom. The molecular weight excluding hydrogens is 587 g/mol. The van der Waals surface area contributed by atoms with E-state index in [9.17, 15) is 22.0 Å². The van der Waals surface area contributed by atoms with Crippen LogP contribution in [0.1, 0.15) is 26.2 Å². The molecule has 40 heavy (non-hydrogen) atoms. The van der Waals surface area contributed by atoms with Crippen LogP contribution < -0.4 is 10.0 Å². The molecule has 2 N–H and O–H groups in total. The maximum Gasteiger partial charge on any atom is 0.265 e. The van der Waals surface area contributed by atoms with Crippen molar-refractivity contribution in [2.24, 2.45) is 11.8 Å². The molecule has 5 rings (SSSR count). The highest BCUT2D eigenvalue weighted by Gasteiger charge is 2.51. The predicted molar refractivity (Wildman–Crippen MR) is 148 cm³/mol. The molecule has 1 saturated carbocycles. The van der Waals surface area contributed by atoms with Crippen molar-refractivity contribution in [2.45, 2.75) is 53.8 Å². The number of nitrogens with zero attached hydrogens (tertiary/aromatic N) is 1. The molecule has 3 fully saturated rings. The molecule has 1 amide bonds. The van der Waals surface area contributed by atoms with Gasteiger partial charge in [-0.1, -0.05) is 11.6 Å². The third-order valence-corrected chi connectivity index (χ3v) is 10.5. The maximum atomic E-state index is 15.3. The van der Waals surface area contributed by atoms with Crippen molar-refractivity contribution < 1.29 is 31.1 Å². The maximum absolute atomic E-state index is 15.3. The second-order valence-electron chi connectivity index (χ2n) is 11.0. The summed E-state index contributed by atoms with van der Waals surface area (Å²) in [6, 6.07) is 7.58. The van der Waals surface area contributed by atoms with Crippen LogP contribution >= 0.6 is 23.4 Å². The monoisotopic (exact) mass is 617 g/mol. The van der Waals surface area contributed by atoms with E-state index in [-0.39, 0.29) is 22.6 Å². The molecule has 2 aliphatic heterocycles. The fraction of sp³-hybridized carbons (Fsp3) is 0.519. The van der Waals surface area contributed by atoms with Gasteiger partial charge in [0.15, 0.2) is 0 Å². The third kappa shape index (κ3) is 6.89. The highest BCUT2D eigenvalue weighted by Crippen LogP contribution is 2.49. The second-order valence-corrected chi connectivity index (χ2v) is 14.1. The van der Waals surface area contributed by atoms with E-state index >= 15 is 4.39 Å². The largest absolute Gasteiger partial charge is 0.378 e. The highest BCUT2D eigenvalue weighted by atomic mass is 35.5. The quantitative estimate of drug-likeness (QED) is 0.349. The summed E-state index contributed by atoms with van der Waals surface area (Å²) in [7, 11) is -4.42. The molecule has 2 heterocycles. The highest BCUT2D eigenvalue weighted by molar-refractivity contribution is 7.99. The average molecular weight is 618 g/mol. The van der Waals surface area contributed by atoms with Gasteiger partial charge in [0, 0.05) is 36.3 Å². The van der Waals surface area contributed by atoms with E-state index in [0.717, 1.165) is 23.4 Å². The van der Waals surface area contributed by atoms with E-state index in [4.69, 9.17) is 16.3 Å². The predicted octanol–water partition coefficient (Wildman–Crippen LogP) is 4.85. The molecule has 2 saturated heterocycles. The fourth-order valence-corrected chi connectivity index (χ4v) is 7.47. The topological polar surface area (TPSA) is 87.7 Å². The number of anilines is 1. The van der Waals surface area contributed by atoms with Crippen LogP contribution in [0, 0.1) is 23.5 Å². The molecular formula is C27H31ClF3N3O4S2. The van der Waals surface area contributed by atoms with Gasteiger partial charge in [-0.2, -0.15) is 0 Å². The Labute approximate surface area is 241 Å². The number of alkyl halides is 1. The second kappa shape index (κ2) is 11.7. The summed E-state index contributed by atoms with van der Waals surface area (Å²) in [6.07, 6.45) is 1.08. The lowest BCUT2D eigenvalue weighted by molar-refractivity contribution is -0.149. The van der Waals surface area contributed by atoms with Gasteiger partial charge >= 0.3 is 0 Å². The summed E-state index contributed by atoms with van der Waals surface area (Å²) in [6.45, 7) is 3.22. The number of carbonyl (C=O) groups excluding carboxylic acids is 1. The van der Waals surface area contributed by atoms with E-state index in [1.165, 1.54) is 23.9 Å². The van der Waals surface area contributed by atoms with Crippen LogP contribution in [0.5, 0.6) is 0 Å². The van der Waals surface area contributed by atoms with Gasteiger partial charge < -0.3 is 10.1 Å². The lowest BCUT2D eigenvalue weighted by Crippen LogP contribution is -2.50. The van der Waals surface area contributed by atoms with E-state index in [0.29, 0.717) is 56.7 Å². The SMILES string of the molecule is CC1(C(=O)NS(=O)(=O)c2cc(F)c(N[C@H](CCN3CC(F)C3)CSc3ccc(F)cc3)c(Cl)c2)CC2CC2CO1. The number of amides is 1. The summed E-state index contributed by atoms with van der Waals surface area (Å²) in [5.74, 6) is -0.811. The summed E-state index contributed by atoms with van der Waals surface area (Å²) in [5, 5.41) is 2.91. The first kappa shape index (κ1) is 29.5. The van der Waals surface area contributed by atoms with Crippen molar-refractivity contribution in [3.05, 3.63) is 53.1 Å². The van der Waals surface area contributed by atoms with Gasteiger partial charge in [-0.05, 0) is 74.4 Å². The molecule has 7 nitrogen and oxygen atoms in total. The van der Waals surface area contributed by atoms with Crippen LogP contribution in [0.2, 0.25) is 5.02 Å². The minimum Gasteiger partial charge on any atom is -0.378 e. The Bertz CT molecular complexity index is 1340. The number of likely N-dealkylation sites (tertiary alicyclic amines) is 1. The molecule has 0 spiro atoms. The Morgan fingerprint density at radius 3 is 2.60 bits per heavy atom. The third-order valence-electron chi connectivity index (χ3n) is 7.69. The molecule has 3 unspecified atom stereocenters. The van der Waals surface area contributed by atoms with Crippen molar-refractivity contribution in [3.63, 3.8) is 0 Å². The van der Waals surface area contributed by atoms with Gasteiger partial charge in [0.05, 0.1) is 22.2 Å². The molecule has 13 heteroatoms. The zero-order valence-electron chi connectivity index (χ0n) is 21.8. The molecule has 0 radical (unpaired) electrons. The molecule has 2 aromatic rings. The van der Waals surface area contributed by atoms with Crippen molar-refractivity contribution in [1.29, 1.82) is 0 Å². The first-order valence-corrected chi connectivity index (χ1v) is 16.0. The standard InChI is InChI=1S/C27H31ClF3N3O4S2/c1-27(11-16-8-17(16)14-38-27)26(35)33-40(36,37)22-9-23(28)25(24(31)10-22)32-20(6-7-34-12-19(30)13-34)15-39-21-4-2-18(29)3-5-21/h2-5,9-10,16-17,19-20,32H,6-8,11-15H2,1H3,(H,33,35)/t16?,17?,20-,27?/m1/s1. The van der Waals surface area contributed by atoms with Crippen LogP contribution in [0.4, 0.5) is 18.9 Å². The van der Waals surface area contributed by atoms with Crippen LogP contribution in [0.25, 0.3) is 0 Å². The number of hydrogen-bond donors (Lipinski definition) is 2. The molecule has 0 aromatic heterocycles. The number of nitrogens with one attached hydrogen (secondary N) is 2. The van der Waals surface area contributed by atoms with Crippen molar-refractivity contribution >= 4 is 45.0 Å². The van der Waals surface area contributed by atoms with Gasteiger partial charge in [-0.25, -0.2) is 26.3 Å². The average Bonchev–Trinajstić information content (AvgIpc) is 3.64. The van der Waals surface area contributed by atoms with Gasteiger partial charge in [-0.3, -0.25) is 9.69 Å². The molecule has 2 aromatic carbocycles. The van der Waals surface area contributed by atoms with Crippen molar-refractivity contribution in [1.82, 2.24) is 9.62 Å². The summed E-state index contributed by atoms with van der Waals surface area (Å²) >= 11 is 7.80. The smallest absolute Gasteiger partial charge is 0.265 e. The molecule has 3 aliphatic rings. The van der Waals surface area contributed by atoms with Crippen LogP contribution in [-0.2, 0) is 19.6 Å². The Balaban J connectivity index is 1.27. The van der Waals surface area contributed by atoms with Gasteiger partial charge in [-0.15, -0.1) is 11.8 Å². The number of halogens is 4. The zero-order valence-corrected chi connectivity index (χ0v) is 24.2. The Morgan fingerprint density at radius 1 is 1.23 bits per heavy atom. The molecule has 0 bridgehead atoms. The number of rotatable bonds is 11. The summed E-state index contributed by atoms with van der Waals surface area (Å²) < 4.78 is 75.5. The van der Waals surface area contributed by atoms with Gasteiger partial charge in [0.1, 0.15) is 23.4 Å². The van der Waals surface area contributed by atoms with Crippen molar-refractivity contribution in [3.8, 4) is 0 Å². The van der Waals surface area contributed by atoms with Crippen LogP contribution in [0.3, 0.4) is 0 Å². The Kier molecular flexibility index (Phi) is 8.64. The van der Waals surface area contributed by atoms with Gasteiger partial charge in [0.25, 0.3) is 15.9 Å². The summed E-state index contributed by atoms with van der Waals surface area (Å²) in [4.78, 5) is 15.1. The first-order valence-electron chi connectivity index (χ1n) is 13.1. The number of fused-ring (bicyclic) bond motifs is 1. The van der Waals surface area contributed by atoms with Crippen LogP contribution in [-0.4, -0.2) is 69.0 Å². The molecule has 1 aliphatic carbocycles. The molecule has 218 valence electrons. The fourth-order valence-electron chi connectivity index (χ4n) is 5.06. The number of thioether (sulfide) groups is 1. The minimum atomic E-state index is -4.42. The zero-order chi connectivity index (χ0) is 28.7. The number of carbonyl (C=O) groups is 1. The first-order chi connectivity index (χ1) is 18.9.